The van der Waals surface area contributed by atoms with E-state index in [1.807, 2.05) is 6.92 Å². The normalized spacial score (nSPS) is 10.4. The molecule has 3 aromatic rings. The molecule has 0 atom stereocenters. The highest BCUT2D eigenvalue weighted by molar-refractivity contribution is 6.31. The lowest BCUT2D eigenvalue weighted by Gasteiger charge is -2.08. The van der Waals surface area contributed by atoms with Crippen LogP contribution in [0.2, 0.25) is 5.02 Å². The molecule has 2 aromatic carbocycles. The highest BCUT2D eigenvalue weighted by Gasteiger charge is 2.15. The smallest absolute Gasteiger partial charge is 0.263 e. The molecule has 26 heavy (non-hydrogen) atoms. The van der Waals surface area contributed by atoms with Crippen LogP contribution in [0.3, 0.4) is 0 Å². The number of rotatable bonds is 6. The molecule has 3 rings (SSSR count). The van der Waals surface area contributed by atoms with Crippen LogP contribution >= 0.6 is 11.6 Å². The van der Waals surface area contributed by atoms with Crippen molar-refractivity contribution in [2.24, 2.45) is 0 Å². The van der Waals surface area contributed by atoms with Crippen LogP contribution in [0, 0.1) is 6.92 Å². The van der Waals surface area contributed by atoms with Gasteiger partial charge in [-0.2, -0.15) is 0 Å². The molecule has 0 aliphatic heterocycles. The maximum Gasteiger partial charge on any atom is 0.263 e. The van der Waals surface area contributed by atoms with Crippen LogP contribution in [0.15, 0.2) is 47.1 Å². The molecular formula is C18H16ClN3O4. The summed E-state index contributed by atoms with van der Waals surface area (Å²) in [6.45, 7) is 1.67. The van der Waals surface area contributed by atoms with E-state index in [-0.39, 0.29) is 18.3 Å². The fourth-order valence-corrected chi connectivity index (χ4v) is 2.35. The number of nitrogens with one attached hydrogen (secondary N) is 1. The van der Waals surface area contributed by atoms with Gasteiger partial charge in [0.05, 0.1) is 7.11 Å². The summed E-state index contributed by atoms with van der Waals surface area (Å²) < 4.78 is 15.3. The predicted molar refractivity (Wildman–Crippen MR) is 96.6 cm³/mol. The van der Waals surface area contributed by atoms with E-state index in [1.165, 1.54) is 0 Å². The number of amides is 1. The second-order valence-electron chi connectivity index (χ2n) is 5.44. The number of aryl methyl sites for hydroxylation is 1. The average molecular weight is 374 g/mol. The molecule has 1 N–H and O–H groups in total. The molecule has 0 fully saturated rings. The minimum Gasteiger partial charge on any atom is -0.497 e. The van der Waals surface area contributed by atoms with Gasteiger partial charge in [0.25, 0.3) is 5.91 Å². The first-order valence-electron chi connectivity index (χ1n) is 7.72. The van der Waals surface area contributed by atoms with E-state index in [0.717, 1.165) is 11.1 Å². The van der Waals surface area contributed by atoms with Gasteiger partial charge in [-0.1, -0.05) is 11.6 Å². The van der Waals surface area contributed by atoms with Crippen molar-refractivity contribution in [3.63, 3.8) is 0 Å². The Labute approximate surface area is 154 Å². The Morgan fingerprint density at radius 1 is 1.15 bits per heavy atom. The van der Waals surface area contributed by atoms with Gasteiger partial charge < -0.3 is 14.8 Å². The molecule has 0 spiro atoms. The zero-order valence-corrected chi connectivity index (χ0v) is 14.9. The predicted octanol–water partition coefficient (Wildman–Crippen LogP) is 3.72. The standard InChI is InChI=1S/C18H16ClN3O4/c1-11-9-14(7-8-15(11)19)25-10-16(23)20-18-17(21-26-22-18)12-3-5-13(24-2)6-4-12/h3-9H,10H2,1-2H3,(H,20,22,23). The highest BCUT2D eigenvalue weighted by Crippen LogP contribution is 2.26. The first-order valence-corrected chi connectivity index (χ1v) is 8.10. The summed E-state index contributed by atoms with van der Waals surface area (Å²) in [6.07, 6.45) is 0. The second kappa shape index (κ2) is 7.88. The van der Waals surface area contributed by atoms with Crippen LogP contribution < -0.4 is 14.8 Å². The van der Waals surface area contributed by atoms with Crippen molar-refractivity contribution < 1.29 is 18.9 Å². The van der Waals surface area contributed by atoms with Crippen LogP contribution in [0.5, 0.6) is 11.5 Å². The lowest BCUT2D eigenvalue weighted by molar-refractivity contribution is -0.118. The minimum absolute atomic E-state index is 0.185. The number of ether oxygens (including phenoxy) is 2. The zero-order chi connectivity index (χ0) is 18.5. The van der Waals surface area contributed by atoms with E-state index >= 15 is 0 Å². The van der Waals surface area contributed by atoms with E-state index in [2.05, 4.69) is 15.6 Å². The maximum absolute atomic E-state index is 12.1. The average Bonchev–Trinajstić information content (AvgIpc) is 3.11. The maximum atomic E-state index is 12.1. The number of anilines is 1. The summed E-state index contributed by atoms with van der Waals surface area (Å²) in [5.74, 6) is 1.09. The molecule has 1 aromatic heterocycles. The van der Waals surface area contributed by atoms with Crippen molar-refractivity contribution in [1.82, 2.24) is 10.3 Å². The monoisotopic (exact) mass is 373 g/mol. The van der Waals surface area contributed by atoms with Gasteiger partial charge >= 0.3 is 0 Å². The van der Waals surface area contributed by atoms with Crippen molar-refractivity contribution >= 4 is 23.3 Å². The molecule has 134 valence electrons. The first kappa shape index (κ1) is 17.8. The fraction of sp³-hybridized carbons (Fsp3) is 0.167. The lowest BCUT2D eigenvalue weighted by atomic mass is 10.1. The number of hydrogen-bond donors (Lipinski definition) is 1. The van der Waals surface area contributed by atoms with Gasteiger partial charge in [0.15, 0.2) is 12.3 Å². The first-order chi connectivity index (χ1) is 12.6. The van der Waals surface area contributed by atoms with E-state index in [1.54, 1.807) is 49.6 Å². The number of nitrogens with zero attached hydrogens (tertiary/aromatic N) is 2. The molecule has 0 aliphatic carbocycles. The van der Waals surface area contributed by atoms with Crippen LogP contribution in [0.1, 0.15) is 5.56 Å². The second-order valence-corrected chi connectivity index (χ2v) is 5.84. The number of halogens is 1. The van der Waals surface area contributed by atoms with Crippen LogP contribution in [-0.2, 0) is 4.79 Å². The van der Waals surface area contributed by atoms with Crippen molar-refractivity contribution in [1.29, 1.82) is 0 Å². The van der Waals surface area contributed by atoms with Crippen LogP contribution in [-0.4, -0.2) is 29.9 Å². The molecule has 0 radical (unpaired) electrons. The van der Waals surface area contributed by atoms with Gasteiger partial charge in [0.1, 0.15) is 11.5 Å². The summed E-state index contributed by atoms with van der Waals surface area (Å²) in [5, 5.41) is 10.8. The zero-order valence-electron chi connectivity index (χ0n) is 14.2. The number of carbonyl (C=O) groups is 1. The van der Waals surface area contributed by atoms with E-state index < -0.39 is 0 Å². The van der Waals surface area contributed by atoms with Gasteiger partial charge in [-0.3, -0.25) is 4.79 Å². The van der Waals surface area contributed by atoms with Gasteiger partial charge in [-0.25, -0.2) is 4.63 Å². The summed E-state index contributed by atoms with van der Waals surface area (Å²) in [5.41, 5.74) is 2.02. The molecule has 8 heteroatoms. The number of carbonyl (C=O) groups excluding carboxylic acids is 1. The van der Waals surface area contributed by atoms with Gasteiger partial charge in [-0.05, 0) is 65.3 Å². The van der Waals surface area contributed by atoms with E-state index in [9.17, 15) is 4.79 Å². The molecule has 1 amide bonds. The molecule has 0 unspecified atom stereocenters. The largest absolute Gasteiger partial charge is 0.497 e. The Morgan fingerprint density at radius 3 is 2.58 bits per heavy atom. The highest BCUT2D eigenvalue weighted by atomic mass is 35.5. The third kappa shape index (κ3) is 4.12. The molecule has 1 heterocycles. The molecular weight excluding hydrogens is 358 g/mol. The van der Waals surface area contributed by atoms with E-state index in [0.29, 0.717) is 22.2 Å². The van der Waals surface area contributed by atoms with Crippen LogP contribution in [0.25, 0.3) is 11.3 Å². The van der Waals surface area contributed by atoms with E-state index in [4.69, 9.17) is 25.7 Å². The quantitative estimate of drug-likeness (QED) is 0.708. The Balaban J connectivity index is 1.64. The SMILES string of the molecule is COc1ccc(-c2nonc2NC(=O)COc2ccc(Cl)c(C)c2)cc1. The molecule has 0 aliphatic rings. The van der Waals surface area contributed by atoms with Crippen molar-refractivity contribution in [2.45, 2.75) is 6.92 Å². The number of benzene rings is 2. The van der Waals surface area contributed by atoms with Crippen molar-refractivity contribution in [3.8, 4) is 22.8 Å². The van der Waals surface area contributed by atoms with Gasteiger partial charge in [0.2, 0.25) is 5.82 Å². The summed E-state index contributed by atoms with van der Waals surface area (Å²) in [7, 11) is 1.58. The topological polar surface area (TPSA) is 86.5 Å². The number of methoxy groups -OCH3 is 1. The number of hydrogen-bond acceptors (Lipinski definition) is 6. The Hall–Kier alpha value is -3.06. The molecule has 0 saturated heterocycles. The summed E-state index contributed by atoms with van der Waals surface area (Å²) in [4.78, 5) is 12.1. The Kier molecular flexibility index (Phi) is 5.38. The lowest BCUT2D eigenvalue weighted by Crippen LogP contribution is -2.20. The molecule has 0 saturated carbocycles. The summed E-state index contributed by atoms with van der Waals surface area (Å²) in [6, 6.07) is 12.3. The Morgan fingerprint density at radius 2 is 1.88 bits per heavy atom. The van der Waals surface area contributed by atoms with Crippen LogP contribution in [0.4, 0.5) is 5.82 Å². The fourth-order valence-electron chi connectivity index (χ4n) is 2.23. The van der Waals surface area contributed by atoms with Gasteiger partial charge in [0, 0.05) is 10.6 Å². The Bertz CT molecular complexity index is 909. The van der Waals surface area contributed by atoms with Crippen molar-refractivity contribution in [2.75, 3.05) is 19.0 Å². The van der Waals surface area contributed by atoms with Crippen molar-refractivity contribution in [3.05, 3.63) is 53.1 Å². The minimum atomic E-state index is -0.386. The molecule has 7 nitrogen and oxygen atoms in total. The third-order valence-corrected chi connectivity index (χ3v) is 4.03. The molecule has 0 bridgehead atoms. The third-order valence-electron chi connectivity index (χ3n) is 3.61. The number of aromatic nitrogens is 2. The summed E-state index contributed by atoms with van der Waals surface area (Å²) >= 11 is 5.96. The van der Waals surface area contributed by atoms with Gasteiger partial charge in [-0.15, -0.1) is 0 Å².